The first-order valence-electron chi connectivity index (χ1n) is 12.2. The molecule has 3 aromatic rings. The van der Waals surface area contributed by atoms with Crippen LogP contribution in [0.15, 0.2) is 59.7 Å². The summed E-state index contributed by atoms with van der Waals surface area (Å²) in [6.07, 6.45) is 3.44. The van der Waals surface area contributed by atoms with Crippen LogP contribution in [0.4, 0.5) is 0 Å². The zero-order chi connectivity index (χ0) is 28.2. The second-order valence-electron chi connectivity index (χ2n) is 8.14. The van der Waals surface area contributed by atoms with Gasteiger partial charge in [-0.15, -0.1) is 0 Å². The average Bonchev–Trinajstić information content (AvgIpc) is 2.97. The molecule has 0 aliphatic carbocycles. The van der Waals surface area contributed by atoms with Crippen molar-refractivity contribution in [3.63, 3.8) is 0 Å². The number of hydrazone groups is 1. The van der Waals surface area contributed by atoms with E-state index in [0.717, 1.165) is 12.8 Å². The summed E-state index contributed by atoms with van der Waals surface area (Å²) in [5.74, 6) is 1.30. The van der Waals surface area contributed by atoms with Gasteiger partial charge in [-0.25, -0.2) is 10.2 Å². The lowest BCUT2D eigenvalue weighted by molar-refractivity contribution is 0.0729. The van der Waals surface area contributed by atoms with E-state index >= 15 is 0 Å². The molecular weight excluding hydrogens is 504 g/mol. The van der Waals surface area contributed by atoms with Gasteiger partial charge in [-0.1, -0.05) is 13.3 Å². The fourth-order valence-electron chi connectivity index (χ4n) is 3.47. The number of hydrogen-bond donors (Lipinski definition) is 1. The van der Waals surface area contributed by atoms with Gasteiger partial charge in [-0.3, -0.25) is 4.79 Å². The lowest BCUT2D eigenvalue weighted by Crippen LogP contribution is -2.18. The Kier molecular flexibility index (Phi) is 10.6. The van der Waals surface area contributed by atoms with E-state index in [1.54, 1.807) is 42.5 Å². The van der Waals surface area contributed by atoms with Crippen LogP contribution in [0.3, 0.4) is 0 Å². The van der Waals surface area contributed by atoms with E-state index in [1.165, 1.54) is 46.8 Å². The van der Waals surface area contributed by atoms with Crippen LogP contribution in [0.2, 0.25) is 0 Å². The van der Waals surface area contributed by atoms with Crippen LogP contribution in [0.5, 0.6) is 34.5 Å². The summed E-state index contributed by atoms with van der Waals surface area (Å²) in [6.45, 7) is 2.72. The van der Waals surface area contributed by atoms with Gasteiger partial charge in [0.15, 0.2) is 23.0 Å². The van der Waals surface area contributed by atoms with Gasteiger partial charge in [0.1, 0.15) is 5.75 Å². The van der Waals surface area contributed by atoms with Crippen LogP contribution in [0, 0.1) is 0 Å². The standard InChI is InChI=1S/C29H32N2O8/c1-6-7-14-38-22-11-9-20(10-12-22)29(33)39-23-13-8-19(15-24(23)34-2)18-30-31-28(32)21-16-25(35-3)27(37-5)26(17-21)36-4/h8-13,15-18H,6-7,14H2,1-5H3,(H,31,32)/b30-18+. The number of benzene rings is 3. The minimum absolute atomic E-state index is 0.240. The van der Waals surface area contributed by atoms with E-state index in [2.05, 4.69) is 17.5 Å². The normalized spacial score (nSPS) is 10.6. The largest absolute Gasteiger partial charge is 0.494 e. The zero-order valence-corrected chi connectivity index (χ0v) is 22.6. The molecule has 206 valence electrons. The molecule has 0 heterocycles. The molecule has 0 radical (unpaired) electrons. The first-order valence-corrected chi connectivity index (χ1v) is 12.2. The summed E-state index contributed by atoms with van der Waals surface area (Å²) in [7, 11) is 5.87. The summed E-state index contributed by atoms with van der Waals surface area (Å²) >= 11 is 0. The topological polar surface area (TPSA) is 114 Å². The van der Waals surface area contributed by atoms with E-state index in [-0.39, 0.29) is 11.3 Å². The Bertz CT molecular complexity index is 1280. The molecule has 3 aromatic carbocycles. The van der Waals surface area contributed by atoms with Crippen LogP contribution in [0.1, 0.15) is 46.0 Å². The van der Waals surface area contributed by atoms with Gasteiger partial charge in [0, 0.05) is 5.56 Å². The molecule has 0 aliphatic rings. The van der Waals surface area contributed by atoms with Gasteiger partial charge in [-0.2, -0.15) is 5.10 Å². The summed E-state index contributed by atoms with van der Waals surface area (Å²) in [5.41, 5.74) is 3.70. The first-order chi connectivity index (χ1) is 18.9. The monoisotopic (exact) mass is 536 g/mol. The number of nitrogens with zero attached hydrogens (tertiary/aromatic N) is 1. The maximum Gasteiger partial charge on any atom is 0.343 e. The van der Waals surface area contributed by atoms with Gasteiger partial charge in [0.2, 0.25) is 5.75 Å². The van der Waals surface area contributed by atoms with Crippen molar-refractivity contribution in [2.45, 2.75) is 19.8 Å². The highest BCUT2D eigenvalue weighted by atomic mass is 16.6. The minimum Gasteiger partial charge on any atom is -0.494 e. The van der Waals surface area contributed by atoms with Crippen LogP contribution in [-0.4, -0.2) is 53.1 Å². The Balaban J connectivity index is 1.65. The fourth-order valence-corrected chi connectivity index (χ4v) is 3.47. The fraction of sp³-hybridized carbons (Fsp3) is 0.276. The van der Waals surface area contributed by atoms with Crippen LogP contribution < -0.4 is 33.8 Å². The van der Waals surface area contributed by atoms with Crippen molar-refractivity contribution in [1.29, 1.82) is 0 Å². The predicted octanol–water partition coefficient (Wildman–Crippen LogP) is 4.88. The van der Waals surface area contributed by atoms with Gasteiger partial charge in [0.25, 0.3) is 5.91 Å². The van der Waals surface area contributed by atoms with Crippen molar-refractivity contribution >= 4 is 18.1 Å². The third-order valence-corrected chi connectivity index (χ3v) is 5.55. The number of rotatable bonds is 13. The van der Waals surface area contributed by atoms with Crippen LogP contribution in [-0.2, 0) is 0 Å². The molecule has 0 fully saturated rings. The molecule has 0 atom stereocenters. The number of carbonyl (C=O) groups excluding carboxylic acids is 2. The molecular formula is C29H32N2O8. The quantitative estimate of drug-likeness (QED) is 0.108. The molecule has 0 aliphatic heterocycles. The Morgan fingerprint density at radius 1 is 0.795 bits per heavy atom. The molecule has 0 aromatic heterocycles. The third-order valence-electron chi connectivity index (χ3n) is 5.55. The van der Waals surface area contributed by atoms with Crippen molar-refractivity contribution in [3.05, 3.63) is 71.3 Å². The van der Waals surface area contributed by atoms with Gasteiger partial charge in [0.05, 0.1) is 46.8 Å². The molecule has 0 unspecified atom stereocenters. The van der Waals surface area contributed by atoms with Gasteiger partial charge in [-0.05, 0) is 66.6 Å². The maximum atomic E-state index is 12.6. The third kappa shape index (κ3) is 7.64. The first kappa shape index (κ1) is 28.8. The maximum absolute atomic E-state index is 12.6. The van der Waals surface area contributed by atoms with Gasteiger partial charge >= 0.3 is 5.97 Å². The van der Waals surface area contributed by atoms with Crippen LogP contribution >= 0.6 is 0 Å². The Hall–Kier alpha value is -4.73. The van der Waals surface area contributed by atoms with Crippen molar-refractivity contribution in [3.8, 4) is 34.5 Å². The molecule has 10 nitrogen and oxygen atoms in total. The number of hydrogen-bond acceptors (Lipinski definition) is 9. The number of nitrogens with one attached hydrogen (secondary N) is 1. The number of ether oxygens (including phenoxy) is 6. The molecule has 0 saturated heterocycles. The summed E-state index contributed by atoms with van der Waals surface area (Å²) in [5, 5.41) is 4.01. The molecule has 0 saturated carbocycles. The Morgan fingerprint density at radius 2 is 1.46 bits per heavy atom. The van der Waals surface area contributed by atoms with Crippen molar-refractivity contribution in [2.75, 3.05) is 35.0 Å². The lowest BCUT2D eigenvalue weighted by Gasteiger charge is -2.13. The minimum atomic E-state index is -0.535. The highest BCUT2D eigenvalue weighted by Gasteiger charge is 2.17. The van der Waals surface area contributed by atoms with E-state index in [4.69, 9.17) is 28.4 Å². The highest BCUT2D eigenvalue weighted by Crippen LogP contribution is 2.38. The number of carbonyl (C=O) groups is 2. The van der Waals surface area contributed by atoms with E-state index in [1.807, 2.05) is 0 Å². The molecule has 1 N–H and O–H groups in total. The zero-order valence-electron chi connectivity index (χ0n) is 22.6. The second kappa shape index (κ2) is 14.3. The number of amides is 1. The molecule has 39 heavy (non-hydrogen) atoms. The van der Waals surface area contributed by atoms with Crippen molar-refractivity contribution < 1.29 is 38.0 Å². The number of esters is 1. The molecule has 10 heteroatoms. The highest BCUT2D eigenvalue weighted by molar-refractivity contribution is 5.96. The smallest absolute Gasteiger partial charge is 0.343 e. The van der Waals surface area contributed by atoms with Crippen LogP contribution in [0.25, 0.3) is 0 Å². The molecule has 0 spiro atoms. The molecule has 0 bridgehead atoms. The molecule has 3 rings (SSSR count). The Morgan fingerprint density at radius 3 is 2.05 bits per heavy atom. The van der Waals surface area contributed by atoms with Gasteiger partial charge < -0.3 is 28.4 Å². The van der Waals surface area contributed by atoms with E-state index in [9.17, 15) is 9.59 Å². The summed E-state index contributed by atoms with van der Waals surface area (Å²) in [4.78, 5) is 25.3. The summed E-state index contributed by atoms with van der Waals surface area (Å²) in [6, 6.07) is 14.7. The predicted molar refractivity (Wildman–Crippen MR) is 146 cm³/mol. The number of unbranched alkanes of at least 4 members (excludes halogenated alkanes) is 1. The van der Waals surface area contributed by atoms with E-state index < -0.39 is 11.9 Å². The second-order valence-corrected chi connectivity index (χ2v) is 8.14. The lowest BCUT2D eigenvalue weighted by atomic mass is 10.1. The van der Waals surface area contributed by atoms with Crippen molar-refractivity contribution in [1.82, 2.24) is 5.43 Å². The molecule has 1 amide bonds. The van der Waals surface area contributed by atoms with Crippen molar-refractivity contribution in [2.24, 2.45) is 5.10 Å². The number of methoxy groups -OCH3 is 4. The summed E-state index contributed by atoms with van der Waals surface area (Å²) < 4.78 is 32.4. The van der Waals surface area contributed by atoms with E-state index in [0.29, 0.717) is 46.5 Å². The average molecular weight is 537 g/mol. The Labute approximate surface area is 227 Å². The SMILES string of the molecule is CCCCOc1ccc(C(=O)Oc2ccc(/C=N/NC(=O)c3cc(OC)c(OC)c(OC)c3)cc2OC)cc1.